The summed E-state index contributed by atoms with van der Waals surface area (Å²) in [6.07, 6.45) is 0.977. The van der Waals surface area contributed by atoms with Crippen LogP contribution in [0.4, 0.5) is 5.00 Å². The van der Waals surface area contributed by atoms with Gasteiger partial charge in [-0.05, 0) is 25.8 Å². The molecule has 1 unspecified atom stereocenters. The van der Waals surface area contributed by atoms with Gasteiger partial charge in [-0.3, -0.25) is 9.59 Å². The van der Waals surface area contributed by atoms with E-state index in [0.29, 0.717) is 23.4 Å². The molecule has 1 heterocycles. The molecular weight excluding hydrogens is 320 g/mol. The summed E-state index contributed by atoms with van der Waals surface area (Å²) in [6.45, 7) is 5.33. The number of carbonyl (C=O) groups excluding carboxylic acids is 2. The molecule has 0 radical (unpaired) electrons. The molecule has 0 saturated heterocycles. The number of anilines is 1. The van der Waals surface area contributed by atoms with Gasteiger partial charge in [0.05, 0.1) is 5.56 Å². The molecule has 1 atom stereocenters. The Kier molecular flexibility index (Phi) is 7.18. The normalized spacial score (nSPS) is 11.8. The second-order valence-corrected chi connectivity index (χ2v) is 6.35. The summed E-state index contributed by atoms with van der Waals surface area (Å²) in [4.78, 5) is 36.2. The van der Waals surface area contributed by atoms with Crippen molar-refractivity contribution in [3.63, 3.8) is 0 Å². The van der Waals surface area contributed by atoms with Crippen LogP contribution in [-0.2, 0) is 14.3 Å². The van der Waals surface area contributed by atoms with Gasteiger partial charge in [0, 0.05) is 12.0 Å². The van der Waals surface area contributed by atoms with Crippen LogP contribution in [0.25, 0.3) is 0 Å². The molecule has 7 nitrogen and oxygen atoms in total. The van der Waals surface area contributed by atoms with Gasteiger partial charge in [-0.1, -0.05) is 13.3 Å². The Hall–Kier alpha value is -1.93. The molecule has 0 saturated carbocycles. The molecule has 3 N–H and O–H groups in total. The van der Waals surface area contributed by atoms with E-state index >= 15 is 0 Å². The average molecular weight is 342 g/mol. The first kappa shape index (κ1) is 19.1. The van der Waals surface area contributed by atoms with Gasteiger partial charge in [0.15, 0.2) is 0 Å². The highest BCUT2D eigenvalue weighted by molar-refractivity contribution is 7.16. The number of thiophene rings is 1. The molecule has 0 aliphatic rings. The highest BCUT2D eigenvalue weighted by Crippen LogP contribution is 2.32. The minimum atomic E-state index is -1.07. The number of ether oxygens (including phenoxy) is 1. The van der Waals surface area contributed by atoms with E-state index in [1.54, 1.807) is 6.92 Å². The summed E-state index contributed by atoms with van der Waals surface area (Å²) < 4.78 is 4.76. The van der Waals surface area contributed by atoms with Crippen LogP contribution < -0.4 is 10.6 Å². The Morgan fingerprint density at radius 3 is 2.48 bits per heavy atom. The van der Waals surface area contributed by atoms with Crippen molar-refractivity contribution < 1.29 is 24.2 Å². The molecule has 0 aliphatic heterocycles. The van der Waals surface area contributed by atoms with Crippen LogP contribution in [0.1, 0.15) is 40.6 Å². The highest BCUT2D eigenvalue weighted by Gasteiger charge is 2.25. The largest absolute Gasteiger partial charge is 0.480 e. The molecular formula is C15H22N2O5S. The Balaban J connectivity index is 3.03. The molecule has 0 spiro atoms. The van der Waals surface area contributed by atoms with Crippen molar-refractivity contribution in [1.82, 2.24) is 5.32 Å². The topological polar surface area (TPSA) is 105 Å². The molecule has 1 aromatic rings. The van der Waals surface area contributed by atoms with Crippen molar-refractivity contribution >= 4 is 34.1 Å². The molecule has 0 bridgehead atoms. The lowest BCUT2D eigenvalue weighted by Crippen LogP contribution is -2.41. The van der Waals surface area contributed by atoms with Gasteiger partial charge < -0.3 is 20.5 Å². The fraction of sp³-hybridized carbons (Fsp3) is 0.533. The van der Waals surface area contributed by atoms with Crippen LogP contribution in [0.5, 0.6) is 0 Å². The maximum absolute atomic E-state index is 12.5. The fourth-order valence-corrected chi connectivity index (χ4v) is 3.13. The van der Waals surface area contributed by atoms with Crippen LogP contribution in [0.3, 0.4) is 0 Å². The summed E-state index contributed by atoms with van der Waals surface area (Å²) in [5.41, 5.74) is 1.03. The Morgan fingerprint density at radius 2 is 1.96 bits per heavy atom. The number of aryl methyl sites for hydroxylation is 1. The van der Waals surface area contributed by atoms with Crippen LogP contribution in [0, 0.1) is 13.8 Å². The lowest BCUT2D eigenvalue weighted by Gasteiger charge is -2.14. The first-order chi connectivity index (χ1) is 10.8. The predicted molar refractivity (Wildman–Crippen MR) is 88.1 cm³/mol. The highest BCUT2D eigenvalue weighted by atomic mass is 32.1. The molecule has 128 valence electrons. The van der Waals surface area contributed by atoms with Crippen LogP contribution in [0.2, 0.25) is 0 Å². The number of hydrogen-bond acceptors (Lipinski definition) is 5. The minimum Gasteiger partial charge on any atom is -0.480 e. The second-order valence-electron chi connectivity index (χ2n) is 5.12. The first-order valence-electron chi connectivity index (χ1n) is 7.24. The number of carbonyl (C=O) groups is 3. The van der Waals surface area contributed by atoms with E-state index in [1.165, 1.54) is 18.4 Å². The first-order valence-corrected chi connectivity index (χ1v) is 8.05. The zero-order valence-electron chi connectivity index (χ0n) is 13.7. The van der Waals surface area contributed by atoms with Crippen LogP contribution in [-0.4, -0.2) is 42.6 Å². The van der Waals surface area contributed by atoms with Gasteiger partial charge in [0.1, 0.15) is 17.6 Å². The molecule has 0 aromatic carbocycles. The number of nitrogens with one attached hydrogen (secondary N) is 2. The van der Waals surface area contributed by atoms with Gasteiger partial charge in [-0.2, -0.15) is 0 Å². The van der Waals surface area contributed by atoms with Crippen LogP contribution >= 0.6 is 11.3 Å². The quantitative estimate of drug-likeness (QED) is 0.669. The SMILES string of the molecule is CCCC(NC(=O)c1c(NC(=O)COC)sc(C)c1C)C(=O)O. The third-order valence-electron chi connectivity index (χ3n) is 3.32. The van der Waals surface area contributed by atoms with E-state index in [1.807, 2.05) is 13.8 Å². The van der Waals surface area contributed by atoms with E-state index in [2.05, 4.69) is 10.6 Å². The number of carboxylic acid groups (broad SMARTS) is 1. The van der Waals surface area contributed by atoms with Crippen molar-refractivity contribution in [1.29, 1.82) is 0 Å². The van der Waals surface area contributed by atoms with E-state index in [0.717, 1.165) is 10.4 Å². The van der Waals surface area contributed by atoms with Gasteiger partial charge in [-0.25, -0.2) is 4.79 Å². The van der Waals surface area contributed by atoms with Crippen molar-refractivity contribution in [2.45, 2.75) is 39.7 Å². The number of aliphatic carboxylic acids is 1. The Labute approximate surface area is 139 Å². The van der Waals surface area contributed by atoms with Crippen molar-refractivity contribution in [2.75, 3.05) is 19.0 Å². The maximum Gasteiger partial charge on any atom is 0.326 e. The third kappa shape index (κ3) is 5.04. The Bertz CT molecular complexity index is 597. The standard InChI is InChI=1S/C15H22N2O5S/c1-5-6-10(15(20)21)16-13(19)12-8(2)9(3)23-14(12)17-11(18)7-22-4/h10H,5-7H2,1-4H3,(H,16,19)(H,17,18)(H,20,21). The molecule has 1 aromatic heterocycles. The number of hydrogen-bond donors (Lipinski definition) is 3. The summed E-state index contributed by atoms with van der Waals surface area (Å²) >= 11 is 1.28. The van der Waals surface area contributed by atoms with Crippen LogP contribution in [0.15, 0.2) is 0 Å². The van der Waals surface area contributed by atoms with Crippen molar-refractivity contribution in [3.8, 4) is 0 Å². The summed E-state index contributed by atoms with van der Waals surface area (Å²) in [6, 6.07) is -0.949. The van der Waals surface area contributed by atoms with Gasteiger partial charge >= 0.3 is 5.97 Å². The lowest BCUT2D eigenvalue weighted by atomic mass is 10.1. The predicted octanol–water partition coefficient (Wildman–Crippen LogP) is 1.93. The molecule has 8 heteroatoms. The number of rotatable bonds is 8. The lowest BCUT2D eigenvalue weighted by molar-refractivity contribution is -0.139. The zero-order valence-corrected chi connectivity index (χ0v) is 14.5. The van der Waals surface area contributed by atoms with Gasteiger partial charge in [-0.15, -0.1) is 11.3 Å². The number of methoxy groups -OCH3 is 1. The summed E-state index contributed by atoms with van der Waals surface area (Å²) in [5.74, 6) is -1.94. The molecule has 1 rings (SSSR count). The average Bonchev–Trinajstić information content (AvgIpc) is 2.73. The summed E-state index contributed by atoms with van der Waals surface area (Å²) in [7, 11) is 1.40. The van der Waals surface area contributed by atoms with E-state index in [-0.39, 0.29) is 12.5 Å². The van der Waals surface area contributed by atoms with E-state index in [4.69, 9.17) is 9.84 Å². The monoisotopic (exact) mass is 342 g/mol. The van der Waals surface area contributed by atoms with E-state index in [9.17, 15) is 14.4 Å². The van der Waals surface area contributed by atoms with Gasteiger partial charge in [0.2, 0.25) is 0 Å². The van der Waals surface area contributed by atoms with Gasteiger partial charge in [0.25, 0.3) is 11.8 Å². The molecule has 0 fully saturated rings. The maximum atomic E-state index is 12.5. The fourth-order valence-electron chi connectivity index (χ4n) is 2.06. The second kappa shape index (κ2) is 8.64. The summed E-state index contributed by atoms with van der Waals surface area (Å²) in [5, 5.41) is 14.7. The number of carboxylic acids is 1. The van der Waals surface area contributed by atoms with Crippen molar-refractivity contribution in [3.05, 3.63) is 16.0 Å². The molecule has 0 aliphatic carbocycles. The van der Waals surface area contributed by atoms with E-state index < -0.39 is 17.9 Å². The smallest absolute Gasteiger partial charge is 0.326 e. The Morgan fingerprint density at radius 1 is 1.30 bits per heavy atom. The minimum absolute atomic E-state index is 0.120. The molecule has 23 heavy (non-hydrogen) atoms. The van der Waals surface area contributed by atoms with Crippen molar-refractivity contribution in [2.24, 2.45) is 0 Å². The zero-order chi connectivity index (χ0) is 17.6. The number of amides is 2. The third-order valence-corrected chi connectivity index (χ3v) is 4.44. The molecule has 2 amide bonds.